The predicted octanol–water partition coefficient (Wildman–Crippen LogP) is 1.51. The molecule has 1 rings (SSSR count). The summed E-state index contributed by atoms with van der Waals surface area (Å²) in [6.45, 7) is 8.12. The third-order valence-corrected chi connectivity index (χ3v) is 4.26. The van der Waals surface area contributed by atoms with E-state index >= 15 is 0 Å². The van der Waals surface area contributed by atoms with Gasteiger partial charge in [0.2, 0.25) is 11.8 Å². The maximum Gasteiger partial charge on any atom is 0.239 e. The number of nitrogens with one attached hydrogen (secondary N) is 1. The smallest absolute Gasteiger partial charge is 0.239 e. The molecule has 5 heteroatoms. The minimum atomic E-state index is -0.426. The SMILES string of the molecule is CCCCCNC(=O)C1CCN(C(=O)[C@@H](N)C(C)C)CC1. The van der Waals surface area contributed by atoms with Crippen LogP contribution in [-0.2, 0) is 9.59 Å². The lowest BCUT2D eigenvalue weighted by Crippen LogP contribution is -2.50. The largest absolute Gasteiger partial charge is 0.356 e. The van der Waals surface area contributed by atoms with E-state index in [9.17, 15) is 9.59 Å². The number of amides is 2. The Morgan fingerprint density at radius 2 is 1.86 bits per heavy atom. The average Bonchev–Trinajstić information content (AvgIpc) is 2.50. The Kier molecular flexibility index (Phi) is 7.72. The van der Waals surface area contributed by atoms with Gasteiger partial charge in [0, 0.05) is 25.6 Å². The maximum absolute atomic E-state index is 12.2. The zero-order valence-corrected chi connectivity index (χ0v) is 13.7. The molecule has 3 N–H and O–H groups in total. The van der Waals surface area contributed by atoms with Crippen LogP contribution in [0.3, 0.4) is 0 Å². The molecule has 0 radical (unpaired) electrons. The second-order valence-electron chi connectivity index (χ2n) is 6.37. The number of hydrogen-bond donors (Lipinski definition) is 2. The minimum Gasteiger partial charge on any atom is -0.356 e. The van der Waals surface area contributed by atoms with E-state index in [4.69, 9.17) is 5.73 Å². The van der Waals surface area contributed by atoms with E-state index in [0.717, 1.165) is 38.6 Å². The Labute approximate surface area is 128 Å². The Bertz CT molecular complexity index is 336. The highest BCUT2D eigenvalue weighted by atomic mass is 16.2. The van der Waals surface area contributed by atoms with Crippen LogP contribution in [0.1, 0.15) is 52.9 Å². The number of piperidine rings is 1. The molecule has 5 nitrogen and oxygen atoms in total. The third kappa shape index (κ3) is 5.65. The highest BCUT2D eigenvalue weighted by Gasteiger charge is 2.30. The van der Waals surface area contributed by atoms with Crippen molar-refractivity contribution in [3.63, 3.8) is 0 Å². The number of rotatable bonds is 7. The first-order valence-corrected chi connectivity index (χ1v) is 8.29. The third-order valence-electron chi connectivity index (χ3n) is 4.26. The maximum atomic E-state index is 12.2. The zero-order chi connectivity index (χ0) is 15.8. The molecule has 1 heterocycles. The van der Waals surface area contributed by atoms with Crippen molar-refractivity contribution in [2.45, 2.75) is 58.9 Å². The van der Waals surface area contributed by atoms with Gasteiger partial charge < -0.3 is 16.0 Å². The summed E-state index contributed by atoms with van der Waals surface area (Å²) in [5, 5.41) is 3.01. The number of likely N-dealkylation sites (tertiary alicyclic amines) is 1. The summed E-state index contributed by atoms with van der Waals surface area (Å²) >= 11 is 0. The highest BCUT2D eigenvalue weighted by molar-refractivity contribution is 5.83. The lowest BCUT2D eigenvalue weighted by molar-refractivity contribution is -0.137. The van der Waals surface area contributed by atoms with E-state index in [1.54, 1.807) is 0 Å². The van der Waals surface area contributed by atoms with Crippen molar-refractivity contribution < 1.29 is 9.59 Å². The van der Waals surface area contributed by atoms with Crippen LogP contribution in [0.15, 0.2) is 0 Å². The van der Waals surface area contributed by atoms with Gasteiger partial charge >= 0.3 is 0 Å². The summed E-state index contributed by atoms with van der Waals surface area (Å²) in [5.41, 5.74) is 5.91. The molecule has 0 aliphatic carbocycles. The monoisotopic (exact) mass is 297 g/mol. The van der Waals surface area contributed by atoms with Gasteiger partial charge in [-0.25, -0.2) is 0 Å². The van der Waals surface area contributed by atoms with Crippen LogP contribution in [0, 0.1) is 11.8 Å². The van der Waals surface area contributed by atoms with Crippen molar-refractivity contribution in [3.8, 4) is 0 Å². The predicted molar refractivity (Wildman–Crippen MR) is 84.7 cm³/mol. The lowest BCUT2D eigenvalue weighted by Gasteiger charge is -2.33. The van der Waals surface area contributed by atoms with E-state index in [1.165, 1.54) is 0 Å². The van der Waals surface area contributed by atoms with Crippen LogP contribution in [0.25, 0.3) is 0 Å². The number of unbranched alkanes of at least 4 members (excludes halogenated alkanes) is 2. The van der Waals surface area contributed by atoms with Gasteiger partial charge in [0.15, 0.2) is 0 Å². The van der Waals surface area contributed by atoms with E-state index in [2.05, 4.69) is 12.2 Å². The van der Waals surface area contributed by atoms with Crippen molar-refractivity contribution in [1.29, 1.82) is 0 Å². The number of carbonyl (C=O) groups excluding carboxylic acids is 2. The molecular formula is C16H31N3O2. The van der Waals surface area contributed by atoms with Crippen molar-refractivity contribution >= 4 is 11.8 Å². The minimum absolute atomic E-state index is 0.0202. The molecule has 1 aliphatic rings. The van der Waals surface area contributed by atoms with Crippen molar-refractivity contribution in [2.75, 3.05) is 19.6 Å². The Balaban J connectivity index is 2.31. The molecule has 1 aliphatic heterocycles. The van der Waals surface area contributed by atoms with E-state index in [-0.39, 0.29) is 23.7 Å². The summed E-state index contributed by atoms with van der Waals surface area (Å²) in [5.74, 6) is 0.362. The summed E-state index contributed by atoms with van der Waals surface area (Å²) in [4.78, 5) is 26.0. The van der Waals surface area contributed by atoms with Gasteiger partial charge in [0.05, 0.1) is 6.04 Å². The summed E-state index contributed by atoms with van der Waals surface area (Å²) in [6.07, 6.45) is 4.85. The van der Waals surface area contributed by atoms with Crippen LogP contribution >= 0.6 is 0 Å². The fraction of sp³-hybridized carbons (Fsp3) is 0.875. The second kappa shape index (κ2) is 9.03. The highest BCUT2D eigenvalue weighted by Crippen LogP contribution is 2.18. The molecule has 0 saturated carbocycles. The van der Waals surface area contributed by atoms with Gasteiger partial charge in [0.1, 0.15) is 0 Å². The fourth-order valence-corrected chi connectivity index (χ4v) is 2.59. The van der Waals surface area contributed by atoms with Gasteiger partial charge in [-0.3, -0.25) is 9.59 Å². The lowest BCUT2D eigenvalue weighted by atomic mass is 9.94. The zero-order valence-electron chi connectivity index (χ0n) is 13.7. The topological polar surface area (TPSA) is 75.4 Å². The normalized spacial score (nSPS) is 17.9. The second-order valence-corrected chi connectivity index (χ2v) is 6.37. The van der Waals surface area contributed by atoms with Crippen LogP contribution in [0.5, 0.6) is 0 Å². The molecule has 2 amide bonds. The van der Waals surface area contributed by atoms with Gasteiger partial charge in [-0.1, -0.05) is 33.6 Å². The molecule has 0 bridgehead atoms. The van der Waals surface area contributed by atoms with Crippen molar-refractivity contribution in [3.05, 3.63) is 0 Å². The Morgan fingerprint density at radius 1 is 1.24 bits per heavy atom. The molecule has 0 aromatic rings. The number of hydrogen-bond acceptors (Lipinski definition) is 3. The first-order chi connectivity index (χ1) is 9.97. The Morgan fingerprint density at radius 3 is 2.38 bits per heavy atom. The van der Waals surface area contributed by atoms with Crippen LogP contribution in [0.2, 0.25) is 0 Å². The standard InChI is InChI=1S/C16H31N3O2/c1-4-5-6-9-18-15(20)13-7-10-19(11-8-13)16(21)14(17)12(2)3/h12-14H,4-11,17H2,1-3H3,(H,18,20)/t14-/m0/s1. The quantitative estimate of drug-likeness (QED) is 0.700. The molecule has 1 fully saturated rings. The van der Waals surface area contributed by atoms with Crippen LogP contribution < -0.4 is 11.1 Å². The van der Waals surface area contributed by atoms with Crippen molar-refractivity contribution in [2.24, 2.45) is 17.6 Å². The van der Waals surface area contributed by atoms with Crippen LogP contribution in [0.4, 0.5) is 0 Å². The summed E-state index contributed by atoms with van der Waals surface area (Å²) in [7, 11) is 0. The molecule has 1 atom stereocenters. The molecule has 122 valence electrons. The van der Waals surface area contributed by atoms with Gasteiger partial charge in [-0.2, -0.15) is 0 Å². The van der Waals surface area contributed by atoms with Gasteiger partial charge in [-0.05, 0) is 25.2 Å². The van der Waals surface area contributed by atoms with E-state index < -0.39 is 6.04 Å². The number of nitrogens with two attached hydrogens (primary N) is 1. The molecule has 0 aromatic carbocycles. The van der Waals surface area contributed by atoms with Crippen molar-refractivity contribution in [1.82, 2.24) is 10.2 Å². The van der Waals surface area contributed by atoms with E-state index in [1.807, 2.05) is 18.7 Å². The molecule has 1 saturated heterocycles. The molecular weight excluding hydrogens is 266 g/mol. The summed E-state index contributed by atoms with van der Waals surface area (Å²) < 4.78 is 0. The van der Waals surface area contributed by atoms with Gasteiger partial charge in [0.25, 0.3) is 0 Å². The molecule has 0 aromatic heterocycles. The van der Waals surface area contributed by atoms with Gasteiger partial charge in [-0.15, -0.1) is 0 Å². The fourth-order valence-electron chi connectivity index (χ4n) is 2.59. The first kappa shape index (κ1) is 18.0. The molecule has 21 heavy (non-hydrogen) atoms. The number of nitrogens with zero attached hydrogens (tertiary/aromatic N) is 1. The average molecular weight is 297 g/mol. The van der Waals surface area contributed by atoms with Crippen LogP contribution in [-0.4, -0.2) is 42.4 Å². The Hall–Kier alpha value is -1.10. The molecule has 0 unspecified atom stereocenters. The first-order valence-electron chi connectivity index (χ1n) is 8.29. The number of carbonyl (C=O) groups is 2. The molecule has 0 spiro atoms. The summed E-state index contributed by atoms with van der Waals surface area (Å²) in [6, 6.07) is -0.426. The van der Waals surface area contributed by atoms with E-state index in [0.29, 0.717) is 13.1 Å².